The minimum Gasteiger partial charge on any atom is -0.294 e. The van der Waals surface area contributed by atoms with Crippen molar-refractivity contribution in [1.29, 1.82) is 0 Å². The molecular formula is C20H24O2. The van der Waals surface area contributed by atoms with Crippen molar-refractivity contribution in [3.8, 4) is 0 Å². The van der Waals surface area contributed by atoms with E-state index in [0.717, 1.165) is 40.7 Å². The van der Waals surface area contributed by atoms with E-state index in [2.05, 4.69) is 26.2 Å². The van der Waals surface area contributed by atoms with Crippen LogP contribution in [0.5, 0.6) is 0 Å². The molecule has 0 aromatic carbocycles. The highest BCUT2D eigenvalue weighted by atomic mass is 16.1. The van der Waals surface area contributed by atoms with Gasteiger partial charge in [-0.3, -0.25) is 9.59 Å². The molecule has 4 atom stereocenters. The molecular weight excluding hydrogens is 272 g/mol. The first kappa shape index (κ1) is 15.2. The molecule has 1 fully saturated rings. The number of carbonyl (C=O) groups excluding carboxylic acids is 2. The van der Waals surface area contributed by atoms with Crippen molar-refractivity contribution in [2.24, 2.45) is 23.7 Å². The van der Waals surface area contributed by atoms with Crippen molar-refractivity contribution in [2.45, 2.75) is 40.0 Å². The quantitative estimate of drug-likeness (QED) is 0.680. The van der Waals surface area contributed by atoms with Crippen LogP contribution in [0.3, 0.4) is 0 Å². The standard InChI is InChI=1S/C20H24O2/c1-10(2)14-7-6-11(3)17-15(14)8-12(4)19(21)16-9-13(5)20(22)18(16)17/h8,13-15,17H,1,3,6-7,9H2,2,4-5H3/t13?,14?,15-,17-/m1/s1. The Hall–Kier alpha value is -1.70. The van der Waals surface area contributed by atoms with E-state index in [-0.39, 0.29) is 29.3 Å². The first-order valence-corrected chi connectivity index (χ1v) is 8.16. The largest absolute Gasteiger partial charge is 0.294 e. The molecule has 22 heavy (non-hydrogen) atoms. The molecule has 0 saturated heterocycles. The first-order chi connectivity index (χ1) is 10.3. The van der Waals surface area contributed by atoms with Gasteiger partial charge in [-0.15, -0.1) is 0 Å². The van der Waals surface area contributed by atoms with E-state index in [4.69, 9.17) is 0 Å². The predicted octanol–water partition coefficient (Wildman–Crippen LogP) is 4.20. The van der Waals surface area contributed by atoms with Crippen molar-refractivity contribution in [2.75, 3.05) is 0 Å². The lowest BCUT2D eigenvalue weighted by molar-refractivity contribution is -0.118. The summed E-state index contributed by atoms with van der Waals surface area (Å²) >= 11 is 0. The lowest BCUT2D eigenvalue weighted by Crippen LogP contribution is -2.32. The van der Waals surface area contributed by atoms with Crippen LogP contribution in [-0.2, 0) is 9.59 Å². The Kier molecular flexibility index (Phi) is 3.58. The smallest absolute Gasteiger partial charge is 0.184 e. The van der Waals surface area contributed by atoms with Gasteiger partial charge in [-0.25, -0.2) is 0 Å². The summed E-state index contributed by atoms with van der Waals surface area (Å²) in [5.41, 5.74) is 4.55. The Balaban J connectivity index is 2.19. The molecule has 0 aliphatic heterocycles. The van der Waals surface area contributed by atoms with Crippen LogP contribution in [0.15, 0.2) is 47.1 Å². The molecule has 2 heteroatoms. The Morgan fingerprint density at radius 1 is 1.32 bits per heavy atom. The van der Waals surface area contributed by atoms with Crippen molar-refractivity contribution >= 4 is 11.6 Å². The van der Waals surface area contributed by atoms with Crippen molar-refractivity contribution in [3.63, 3.8) is 0 Å². The van der Waals surface area contributed by atoms with E-state index in [9.17, 15) is 9.59 Å². The molecule has 0 heterocycles. The average Bonchev–Trinajstić information content (AvgIpc) is 2.68. The fourth-order valence-corrected chi connectivity index (χ4v) is 4.46. The van der Waals surface area contributed by atoms with Gasteiger partial charge in [0.25, 0.3) is 0 Å². The van der Waals surface area contributed by atoms with E-state index in [0.29, 0.717) is 12.3 Å². The topological polar surface area (TPSA) is 34.1 Å². The maximum absolute atomic E-state index is 12.7. The summed E-state index contributed by atoms with van der Waals surface area (Å²) in [7, 11) is 0. The van der Waals surface area contributed by atoms with Crippen molar-refractivity contribution in [3.05, 3.63) is 47.1 Å². The summed E-state index contributed by atoms with van der Waals surface area (Å²) < 4.78 is 0. The van der Waals surface area contributed by atoms with E-state index >= 15 is 0 Å². The summed E-state index contributed by atoms with van der Waals surface area (Å²) in [5.74, 6) is 0.640. The second-order valence-corrected chi connectivity index (χ2v) is 7.25. The Morgan fingerprint density at radius 2 is 2.00 bits per heavy atom. The second-order valence-electron chi connectivity index (χ2n) is 7.25. The summed E-state index contributed by atoms with van der Waals surface area (Å²) in [6, 6.07) is 0. The molecule has 0 radical (unpaired) electrons. The van der Waals surface area contributed by atoms with Crippen LogP contribution in [0.4, 0.5) is 0 Å². The molecule has 0 bridgehead atoms. The van der Waals surface area contributed by atoms with E-state index < -0.39 is 0 Å². The lowest BCUT2D eigenvalue weighted by Gasteiger charge is -2.39. The number of Topliss-reactive ketones (excluding diaryl/α,β-unsaturated/α-hetero) is 2. The minimum atomic E-state index is -0.0708. The molecule has 3 aliphatic rings. The highest BCUT2D eigenvalue weighted by Crippen LogP contribution is 2.50. The summed E-state index contributed by atoms with van der Waals surface area (Å²) in [6.45, 7) is 14.3. The maximum Gasteiger partial charge on any atom is 0.184 e. The third-order valence-corrected chi connectivity index (χ3v) is 5.63. The van der Waals surface area contributed by atoms with Gasteiger partial charge in [-0.1, -0.05) is 37.3 Å². The van der Waals surface area contributed by atoms with Gasteiger partial charge in [0.2, 0.25) is 0 Å². The maximum atomic E-state index is 12.7. The first-order valence-electron chi connectivity index (χ1n) is 8.16. The highest BCUT2D eigenvalue weighted by Gasteiger charge is 2.46. The molecule has 0 aromatic heterocycles. The molecule has 0 aromatic rings. The number of hydrogen-bond donors (Lipinski definition) is 0. The Bertz CT molecular complexity index is 659. The predicted molar refractivity (Wildman–Crippen MR) is 88.2 cm³/mol. The fraction of sp³-hybridized carbons (Fsp3) is 0.500. The van der Waals surface area contributed by atoms with Crippen LogP contribution < -0.4 is 0 Å². The number of ketones is 2. The van der Waals surface area contributed by atoms with Gasteiger partial charge in [0, 0.05) is 23.0 Å². The van der Waals surface area contributed by atoms with Gasteiger partial charge >= 0.3 is 0 Å². The average molecular weight is 296 g/mol. The van der Waals surface area contributed by atoms with E-state index in [1.54, 1.807) is 0 Å². The lowest BCUT2D eigenvalue weighted by atomic mass is 9.64. The van der Waals surface area contributed by atoms with Gasteiger partial charge in [0.15, 0.2) is 11.6 Å². The number of fused-ring (bicyclic) bond motifs is 2. The third-order valence-electron chi connectivity index (χ3n) is 5.63. The van der Waals surface area contributed by atoms with Gasteiger partial charge in [0.1, 0.15) is 0 Å². The minimum absolute atomic E-state index is 0.00398. The number of allylic oxidation sites excluding steroid dienone is 6. The highest BCUT2D eigenvalue weighted by molar-refractivity contribution is 6.17. The van der Waals surface area contributed by atoms with E-state index in [1.807, 2.05) is 13.8 Å². The Labute approximate surface area is 132 Å². The van der Waals surface area contributed by atoms with Gasteiger partial charge in [-0.2, -0.15) is 0 Å². The zero-order chi connectivity index (χ0) is 16.2. The Morgan fingerprint density at radius 3 is 2.64 bits per heavy atom. The van der Waals surface area contributed by atoms with Crippen LogP contribution in [0, 0.1) is 23.7 Å². The molecule has 1 saturated carbocycles. The normalized spacial score (nSPS) is 35.0. The van der Waals surface area contributed by atoms with Crippen LogP contribution in [0.1, 0.15) is 40.0 Å². The zero-order valence-electron chi connectivity index (χ0n) is 13.7. The molecule has 0 amide bonds. The zero-order valence-corrected chi connectivity index (χ0v) is 13.7. The SMILES string of the molecule is C=C(C)C1CCC(=C)[C@H]2C3=C(CC(C)C3=O)C(=O)C(C)=C[C@H]12. The fourth-order valence-electron chi connectivity index (χ4n) is 4.46. The molecule has 116 valence electrons. The summed E-state index contributed by atoms with van der Waals surface area (Å²) in [6.07, 6.45) is 4.61. The van der Waals surface area contributed by atoms with Crippen LogP contribution in [0.25, 0.3) is 0 Å². The van der Waals surface area contributed by atoms with Crippen LogP contribution >= 0.6 is 0 Å². The monoisotopic (exact) mass is 296 g/mol. The molecule has 3 aliphatic carbocycles. The molecule has 0 spiro atoms. The van der Waals surface area contributed by atoms with Gasteiger partial charge in [-0.05, 0) is 50.5 Å². The van der Waals surface area contributed by atoms with Crippen molar-refractivity contribution < 1.29 is 9.59 Å². The van der Waals surface area contributed by atoms with E-state index in [1.165, 1.54) is 0 Å². The number of carbonyl (C=O) groups is 2. The third kappa shape index (κ3) is 2.08. The van der Waals surface area contributed by atoms with Crippen molar-refractivity contribution in [1.82, 2.24) is 0 Å². The number of hydrogen-bond acceptors (Lipinski definition) is 2. The van der Waals surface area contributed by atoms with Gasteiger partial charge in [0.05, 0.1) is 0 Å². The molecule has 3 rings (SSSR count). The van der Waals surface area contributed by atoms with Gasteiger partial charge < -0.3 is 0 Å². The second kappa shape index (κ2) is 5.19. The summed E-state index contributed by atoms with van der Waals surface area (Å²) in [4.78, 5) is 25.4. The molecule has 2 unspecified atom stereocenters. The summed E-state index contributed by atoms with van der Waals surface area (Å²) in [5, 5.41) is 0. The number of rotatable bonds is 1. The van der Waals surface area contributed by atoms with Crippen LogP contribution in [-0.4, -0.2) is 11.6 Å². The molecule has 0 N–H and O–H groups in total. The van der Waals surface area contributed by atoms with Crippen LogP contribution in [0.2, 0.25) is 0 Å². The molecule has 2 nitrogen and oxygen atoms in total.